The number of hydrogen-bond donors (Lipinski definition) is 1. The number of methoxy groups -OCH3 is 1. The molecule has 1 atom stereocenters. The largest absolute Gasteiger partial charge is 0.468 e. The molecule has 3 nitrogen and oxygen atoms in total. The predicted molar refractivity (Wildman–Crippen MR) is 71.4 cm³/mol. The van der Waals surface area contributed by atoms with Crippen LogP contribution in [0.5, 0.6) is 0 Å². The number of esters is 1. The number of hydrogen-bond acceptors (Lipinski definition) is 3. The Hall–Kier alpha value is -1.35. The number of aliphatic hydroxyl groups excluding tert-OH is 1. The summed E-state index contributed by atoms with van der Waals surface area (Å²) in [7, 11) is 1.39. The fraction of sp³-hybridized carbons (Fsp3) is 0.533. The van der Waals surface area contributed by atoms with Gasteiger partial charge in [0.15, 0.2) is 0 Å². The van der Waals surface area contributed by atoms with Crippen molar-refractivity contribution in [2.45, 2.75) is 45.1 Å². The van der Waals surface area contributed by atoms with Crippen molar-refractivity contribution in [3.8, 4) is 0 Å². The van der Waals surface area contributed by atoms with Crippen LogP contribution in [0.15, 0.2) is 24.3 Å². The van der Waals surface area contributed by atoms with Crippen molar-refractivity contribution in [2.24, 2.45) is 0 Å². The van der Waals surface area contributed by atoms with Gasteiger partial charge in [-0.25, -0.2) is 0 Å². The van der Waals surface area contributed by atoms with Crippen LogP contribution >= 0.6 is 0 Å². The van der Waals surface area contributed by atoms with E-state index in [0.717, 1.165) is 24.0 Å². The first-order valence-electron chi connectivity index (χ1n) is 6.30. The number of carbonyl (C=O) groups is 1. The molecule has 0 bridgehead atoms. The van der Waals surface area contributed by atoms with Crippen LogP contribution in [0.4, 0.5) is 0 Å². The van der Waals surface area contributed by atoms with Crippen molar-refractivity contribution in [2.75, 3.05) is 7.11 Å². The van der Waals surface area contributed by atoms with E-state index in [4.69, 9.17) is 4.74 Å². The zero-order chi connectivity index (χ0) is 13.8. The molecular formula is C15H22O3. The molecule has 0 aliphatic heterocycles. The van der Waals surface area contributed by atoms with Gasteiger partial charge >= 0.3 is 5.97 Å². The highest BCUT2D eigenvalue weighted by atomic mass is 16.5. The summed E-state index contributed by atoms with van der Waals surface area (Å²) in [5.41, 5.74) is 1.12. The third-order valence-corrected chi connectivity index (χ3v) is 3.27. The molecule has 0 heterocycles. The lowest BCUT2D eigenvalue weighted by Crippen LogP contribution is -2.30. The Balaban J connectivity index is 2.92. The van der Waals surface area contributed by atoms with Crippen molar-refractivity contribution >= 4 is 5.97 Å². The number of rotatable bonds is 5. The second-order valence-corrected chi connectivity index (χ2v) is 5.04. The number of benzene rings is 1. The van der Waals surface area contributed by atoms with Gasteiger partial charge in [-0.3, -0.25) is 4.79 Å². The lowest BCUT2D eigenvalue weighted by atomic mass is 9.84. The first kappa shape index (κ1) is 14.7. The molecular weight excluding hydrogens is 228 g/mol. The third-order valence-electron chi connectivity index (χ3n) is 3.27. The Labute approximate surface area is 109 Å². The SMILES string of the molecule is CCCC(O)c1ccc(C(C)(C)C(=O)OC)cc1. The van der Waals surface area contributed by atoms with Crippen molar-refractivity contribution in [3.63, 3.8) is 0 Å². The fourth-order valence-corrected chi connectivity index (χ4v) is 1.94. The van der Waals surface area contributed by atoms with E-state index >= 15 is 0 Å². The molecule has 0 fully saturated rings. The standard InChI is InChI=1S/C15H22O3/c1-5-6-13(16)11-7-9-12(10-8-11)15(2,3)14(17)18-4/h7-10,13,16H,5-6H2,1-4H3. The van der Waals surface area contributed by atoms with Crippen LogP contribution in [0.25, 0.3) is 0 Å². The molecule has 0 aliphatic carbocycles. The Morgan fingerprint density at radius 3 is 2.33 bits per heavy atom. The zero-order valence-electron chi connectivity index (χ0n) is 11.6. The monoisotopic (exact) mass is 250 g/mol. The summed E-state index contributed by atoms with van der Waals surface area (Å²) in [4.78, 5) is 11.7. The van der Waals surface area contributed by atoms with Crippen LogP contribution in [0, 0.1) is 0 Å². The Morgan fingerprint density at radius 1 is 1.33 bits per heavy atom. The molecule has 0 aliphatic rings. The zero-order valence-corrected chi connectivity index (χ0v) is 11.6. The molecule has 1 aromatic rings. The van der Waals surface area contributed by atoms with E-state index in [9.17, 15) is 9.90 Å². The van der Waals surface area contributed by atoms with E-state index in [-0.39, 0.29) is 5.97 Å². The van der Waals surface area contributed by atoms with E-state index in [1.54, 1.807) is 0 Å². The van der Waals surface area contributed by atoms with E-state index in [2.05, 4.69) is 0 Å². The molecule has 0 amide bonds. The minimum Gasteiger partial charge on any atom is -0.468 e. The van der Waals surface area contributed by atoms with Crippen LogP contribution in [-0.2, 0) is 14.9 Å². The lowest BCUT2D eigenvalue weighted by Gasteiger charge is -2.22. The molecule has 18 heavy (non-hydrogen) atoms. The molecule has 3 heteroatoms. The van der Waals surface area contributed by atoms with Crippen LogP contribution in [0.2, 0.25) is 0 Å². The Morgan fingerprint density at radius 2 is 1.89 bits per heavy atom. The minimum atomic E-state index is -0.664. The second kappa shape index (κ2) is 6.01. The highest BCUT2D eigenvalue weighted by Crippen LogP contribution is 2.27. The van der Waals surface area contributed by atoms with Crippen molar-refractivity contribution in [1.82, 2.24) is 0 Å². The first-order chi connectivity index (χ1) is 8.43. The maximum Gasteiger partial charge on any atom is 0.315 e. The van der Waals surface area contributed by atoms with E-state index < -0.39 is 11.5 Å². The lowest BCUT2D eigenvalue weighted by molar-refractivity contribution is -0.146. The van der Waals surface area contributed by atoms with Crippen molar-refractivity contribution in [3.05, 3.63) is 35.4 Å². The average molecular weight is 250 g/mol. The van der Waals surface area contributed by atoms with Crippen LogP contribution in [0.3, 0.4) is 0 Å². The predicted octanol–water partition coefficient (Wildman–Crippen LogP) is 2.97. The second-order valence-electron chi connectivity index (χ2n) is 5.04. The van der Waals surface area contributed by atoms with Gasteiger partial charge in [0.2, 0.25) is 0 Å². The summed E-state index contributed by atoms with van der Waals surface area (Å²) >= 11 is 0. The van der Waals surface area contributed by atoms with Gasteiger partial charge < -0.3 is 9.84 Å². The highest BCUT2D eigenvalue weighted by Gasteiger charge is 2.30. The van der Waals surface area contributed by atoms with E-state index in [1.807, 2.05) is 45.0 Å². The van der Waals surface area contributed by atoms with Crippen molar-refractivity contribution in [1.29, 1.82) is 0 Å². The molecule has 0 radical (unpaired) electrons. The Kier molecular flexibility index (Phi) is 4.91. The summed E-state index contributed by atoms with van der Waals surface area (Å²) in [6.45, 7) is 5.70. The molecule has 1 unspecified atom stereocenters. The molecule has 0 saturated carbocycles. The molecule has 1 N–H and O–H groups in total. The number of aliphatic hydroxyl groups is 1. The first-order valence-corrected chi connectivity index (χ1v) is 6.30. The third kappa shape index (κ3) is 3.10. The maximum absolute atomic E-state index is 11.7. The van der Waals surface area contributed by atoms with Crippen LogP contribution < -0.4 is 0 Å². The smallest absolute Gasteiger partial charge is 0.315 e. The maximum atomic E-state index is 11.7. The molecule has 0 spiro atoms. The number of carbonyl (C=O) groups excluding carboxylic acids is 1. The quantitative estimate of drug-likeness (QED) is 0.817. The summed E-state index contributed by atoms with van der Waals surface area (Å²) in [6.07, 6.45) is 1.27. The van der Waals surface area contributed by atoms with E-state index in [1.165, 1.54) is 7.11 Å². The topological polar surface area (TPSA) is 46.5 Å². The minimum absolute atomic E-state index is 0.260. The number of ether oxygens (including phenoxy) is 1. The summed E-state index contributed by atoms with van der Waals surface area (Å²) in [6, 6.07) is 7.51. The van der Waals surface area contributed by atoms with Gasteiger partial charge in [0, 0.05) is 0 Å². The van der Waals surface area contributed by atoms with Gasteiger partial charge in [-0.2, -0.15) is 0 Å². The summed E-state index contributed by atoms with van der Waals surface area (Å²) in [5, 5.41) is 9.88. The van der Waals surface area contributed by atoms with Crippen molar-refractivity contribution < 1.29 is 14.6 Å². The summed E-state index contributed by atoms with van der Waals surface area (Å²) < 4.78 is 4.80. The van der Waals surface area contributed by atoms with Gasteiger partial charge in [-0.05, 0) is 31.4 Å². The average Bonchev–Trinajstić information content (AvgIpc) is 2.38. The van der Waals surface area contributed by atoms with E-state index in [0.29, 0.717) is 0 Å². The van der Waals surface area contributed by atoms with Gasteiger partial charge in [0.05, 0.1) is 18.6 Å². The molecule has 100 valence electrons. The van der Waals surface area contributed by atoms with Crippen LogP contribution in [-0.4, -0.2) is 18.2 Å². The van der Waals surface area contributed by atoms with Gasteiger partial charge in [-0.1, -0.05) is 37.6 Å². The summed E-state index contributed by atoms with van der Waals surface area (Å²) in [5.74, 6) is -0.260. The molecule has 1 aromatic carbocycles. The Bertz CT molecular complexity index is 393. The van der Waals surface area contributed by atoms with Gasteiger partial charge in [0.1, 0.15) is 0 Å². The highest BCUT2D eigenvalue weighted by molar-refractivity contribution is 5.82. The molecule has 1 rings (SSSR count). The van der Waals surface area contributed by atoms with Crippen LogP contribution in [0.1, 0.15) is 50.8 Å². The molecule has 0 aromatic heterocycles. The van der Waals surface area contributed by atoms with Gasteiger partial charge in [-0.15, -0.1) is 0 Å². The fourth-order valence-electron chi connectivity index (χ4n) is 1.94. The normalized spacial score (nSPS) is 13.2. The molecule has 0 saturated heterocycles. The van der Waals surface area contributed by atoms with Gasteiger partial charge in [0.25, 0.3) is 0 Å².